The minimum absolute atomic E-state index is 0.138. The number of benzene rings is 2. The lowest BCUT2D eigenvalue weighted by molar-refractivity contribution is -0.122. The number of esters is 1. The Morgan fingerprint density at radius 2 is 1.93 bits per heavy atom. The summed E-state index contributed by atoms with van der Waals surface area (Å²) >= 11 is 0. The van der Waals surface area contributed by atoms with Gasteiger partial charge in [-0.3, -0.25) is 9.10 Å². The molecule has 0 aromatic heterocycles. The van der Waals surface area contributed by atoms with Crippen LogP contribution in [0.1, 0.15) is 28.4 Å². The molecule has 0 aliphatic carbocycles. The molecule has 2 aromatic carbocycles. The number of hydrogen-bond donors (Lipinski definition) is 1. The third-order valence-electron chi connectivity index (χ3n) is 4.67. The zero-order valence-electron chi connectivity index (χ0n) is 17.3. The van der Waals surface area contributed by atoms with Gasteiger partial charge in [-0.05, 0) is 62.2 Å². The molecule has 3 rings (SSSR count). The standard InChI is InChI=1S/C21H24N2O6S/c1-5-28-21(25)15-7-8-16(14(3)11-15)22-20(24)19-12-23(30(4,26)27)17-10-13(2)6-9-18(17)29-19/h6-11,19H,5,12H2,1-4H3,(H,22,24). The van der Waals surface area contributed by atoms with Gasteiger partial charge >= 0.3 is 5.97 Å². The van der Waals surface area contributed by atoms with Crippen LogP contribution in [0.3, 0.4) is 0 Å². The predicted octanol–water partition coefficient (Wildman–Crippen LogP) is 2.65. The maximum atomic E-state index is 12.8. The topological polar surface area (TPSA) is 102 Å². The van der Waals surface area contributed by atoms with Gasteiger partial charge in [0.05, 0.1) is 30.7 Å². The Balaban J connectivity index is 1.82. The number of aryl methyl sites for hydroxylation is 2. The summed E-state index contributed by atoms with van der Waals surface area (Å²) in [7, 11) is -3.60. The number of nitrogens with zero attached hydrogens (tertiary/aromatic N) is 1. The van der Waals surface area contributed by atoms with Gasteiger partial charge in [-0.1, -0.05) is 6.07 Å². The first-order valence-electron chi connectivity index (χ1n) is 9.43. The van der Waals surface area contributed by atoms with Gasteiger partial charge in [0.15, 0.2) is 6.10 Å². The molecular weight excluding hydrogens is 408 g/mol. The van der Waals surface area contributed by atoms with Gasteiger partial charge in [0.1, 0.15) is 5.75 Å². The zero-order valence-corrected chi connectivity index (χ0v) is 18.1. The predicted molar refractivity (Wildman–Crippen MR) is 114 cm³/mol. The first-order chi connectivity index (χ1) is 14.1. The Morgan fingerprint density at radius 3 is 2.57 bits per heavy atom. The van der Waals surface area contributed by atoms with E-state index in [0.29, 0.717) is 28.3 Å². The lowest BCUT2D eigenvalue weighted by Crippen LogP contribution is -2.48. The SMILES string of the molecule is CCOC(=O)c1ccc(NC(=O)C2CN(S(C)(=O)=O)c3cc(C)ccc3O2)c(C)c1. The van der Waals surface area contributed by atoms with E-state index in [1.807, 2.05) is 6.92 Å². The van der Waals surface area contributed by atoms with Crippen molar-refractivity contribution in [1.82, 2.24) is 0 Å². The average molecular weight is 432 g/mol. The Kier molecular flexibility index (Phi) is 6.02. The van der Waals surface area contributed by atoms with Crippen molar-refractivity contribution in [3.63, 3.8) is 0 Å². The van der Waals surface area contributed by atoms with Crippen LogP contribution in [-0.4, -0.2) is 45.8 Å². The van der Waals surface area contributed by atoms with E-state index in [4.69, 9.17) is 9.47 Å². The van der Waals surface area contributed by atoms with Crippen molar-refractivity contribution in [2.45, 2.75) is 26.9 Å². The maximum absolute atomic E-state index is 12.8. The summed E-state index contributed by atoms with van der Waals surface area (Å²) in [5.74, 6) is -0.599. The molecule has 1 unspecified atom stereocenters. The van der Waals surface area contributed by atoms with Crippen LogP contribution in [0, 0.1) is 13.8 Å². The number of ether oxygens (including phenoxy) is 2. The quantitative estimate of drug-likeness (QED) is 0.729. The van der Waals surface area contributed by atoms with E-state index in [9.17, 15) is 18.0 Å². The number of amides is 1. The van der Waals surface area contributed by atoms with Crippen molar-refractivity contribution >= 4 is 33.3 Å². The highest BCUT2D eigenvalue weighted by Gasteiger charge is 2.35. The summed E-state index contributed by atoms with van der Waals surface area (Å²) in [5, 5.41) is 2.75. The summed E-state index contributed by atoms with van der Waals surface area (Å²) in [4.78, 5) is 24.7. The number of nitrogens with one attached hydrogen (secondary N) is 1. The van der Waals surface area contributed by atoms with Gasteiger partial charge in [-0.25, -0.2) is 13.2 Å². The van der Waals surface area contributed by atoms with Gasteiger partial charge in [0, 0.05) is 5.69 Å². The Morgan fingerprint density at radius 1 is 1.20 bits per heavy atom. The third-order valence-corrected chi connectivity index (χ3v) is 5.82. The van der Waals surface area contributed by atoms with E-state index in [-0.39, 0.29) is 13.2 Å². The first-order valence-corrected chi connectivity index (χ1v) is 11.3. The molecule has 0 fully saturated rings. The molecule has 30 heavy (non-hydrogen) atoms. The molecular formula is C21H24N2O6S. The monoisotopic (exact) mass is 432 g/mol. The molecule has 160 valence electrons. The molecule has 1 heterocycles. The van der Waals surface area contributed by atoms with Crippen LogP contribution in [0.15, 0.2) is 36.4 Å². The van der Waals surface area contributed by atoms with Gasteiger partial charge in [-0.15, -0.1) is 0 Å². The lowest BCUT2D eigenvalue weighted by atomic mass is 10.1. The molecule has 8 nitrogen and oxygen atoms in total. The fourth-order valence-electron chi connectivity index (χ4n) is 3.17. The second-order valence-electron chi connectivity index (χ2n) is 7.11. The van der Waals surface area contributed by atoms with Crippen molar-refractivity contribution in [3.8, 4) is 5.75 Å². The second kappa shape index (κ2) is 8.35. The molecule has 1 N–H and O–H groups in total. The lowest BCUT2D eigenvalue weighted by Gasteiger charge is -2.34. The molecule has 9 heteroatoms. The number of rotatable bonds is 5. The molecule has 1 amide bonds. The van der Waals surface area contributed by atoms with Crippen molar-refractivity contribution in [1.29, 1.82) is 0 Å². The number of sulfonamides is 1. The van der Waals surface area contributed by atoms with Crippen molar-refractivity contribution in [2.24, 2.45) is 0 Å². The van der Waals surface area contributed by atoms with Gasteiger partial charge < -0.3 is 14.8 Å². The van der Waals surface area contributed by atoms with Crippen molar-refractivity contribution < 1.29 is 27.5 Å². The molecule has 0 saturated carbocycles. The molecule has 0 bridgehead atoms. The molecule has 0 spiro atoms. The third kappa shape index (κ3) is 4.56. The highest BCUT2D eigenvalue weighted by atomic mass is 32.2. The largest absolute Gasteiger partial charge is 0.476 e. The summed E-state index contributed by atoms with van der Waals surface area (Å²) in [5.41, 5.74) is 2.84. The highest BCUT2D eigenvalue weighted by Crippen LogP contribution is 2.36. The Bertz CT molecular complexity index is 1100. The van der Waals surface area contributed by atoms with Crippen LogP contribution in [0.4, 0.5) is 11.4 Å². The van der Waals surface area contributed by atoms with Crippen LogP contribution in [0.5, 0.6) is 5.75 Å². The number of hydrogen-bond acceptors (Lipinski definition) is 6. The molecule has 1 aliphatic heterocycles. The Labute approximate surface area is 175 Å². The summed E-state index contributed by atoms with van der Waals surface area (Å²) in [6.45, 7) is 5.46. The van der Waals surface area contributed by atoms with Gasteiger partial charge in [0.25, 0.3) is 5.91 Å². The minimum atomic E-state index is -3.60. The van der Waals surface area contributed by atoms with Gasteiger partial charge in [0.2, 0.25) is 10.0 Å². The molecule has 2 aromatic rings. The summed E-state index contributed by atoms with van der Waals surface area (Å²) < 4.78 is 36.5. The Hall–Kier alpha value is -3.07. The summed E-state index contributed by atoms with van der Waals surface area (Å²) in [6.07, 6.45) is 0.0663. The molecule has 1 aliphatic rings. The smallest absolute Gasteiger partial charge is 0.338 e. The van der Waals surface area contributed by atoms with Crippen LogP contribution in [0.25, 0.3) is 0 Å². The van der Waals surface area contributed by atoms with E-state index in [2.05, 4.69) is 5.32 Å². The van der Waals surface area contributed by atoms with Crippen LogP contribution >= 0.6 is 0 Å². The van der Waals surface area contributed by atoms with Crippen molar-refractivity contribution in [2.75, 3.05) is 29.0 Å². The minimum Gasteiger partial charge on any atom is -0.476 e. The number of fused-ring (bicyclic) bond motifs is 1. The van der Waals surface area contributed by atoms with Crippen LogP contribution in [0.2, 0.25) is 0 Å². The van der Waals surface area contributed by atoms with Crippen LogP contribution < -0.4 is 14.4 Å². The molecule has 0 radical (unpaired) electrons. The normalized spacial score (nSPS) is 15.7. The second-order valence-corrected chi connectivity index (χ2v) is 9.02. The van der Waals surface area contributed by atoms with E-state index >= 15 is 0 Å². The van der Waals surface area contributed by atoms with Crippen molar-refractivity contribution in [3.05, 3.63) is 53.1 Å². The van der Waals surface area contributed by atoms with E-state index in [0.717, 1.165) is 11.8 Å². The zero-order chi connectivity index (χ0) is 22.1. The highest BCUT2D eigenvalue weighted by molar-refractivity contribution is 7.92. The van der Waals surface area contributed by atoms with Crippen LogP contribution in [-0.2, 0) is 19.6 Å². The first kappa shape index (κ1) is 21.6. The maximum Gasteiger partial charge on any atom is 0.338 e. The van der Waals surface area contributed by atoms with Gasteiger partial charge in [-0.2, -0.15) is 0 Å². The average Bonchev–Trinajstić information content (AvgIpc) is 2.68. The number of anilines is 2. The van der Waals surface area contributed by atoms with E-state index in [1.165, 1.54) is 4.31 Å². The number of carbonyl (C=O) groups is 2. The number of carbonyl (C=O) groups excluding carboxylic acids is 2. The summed E-state index contributed by atoms with van der Waals surface area (Å²) in [6, 6.07) is 9.94. The fourth-order valence-corrected chi connectivity index (χ4v) is 4.08. The molecule has 1 atom stereocenters. The molecule has 0 saturated heterocycles. The van der Waals surface area contributed by atoms with E-state index < -0.39 is 28.0 Å². The fraction of sp³-hybridized carbons (Fsp3) is 0.333. The van der Waals surface area contributed by atoms with E-state index in [1.54, 1.807) is 50.2 Å².